The van der Waals surface area contributed by atoms with Gasteiger partial charge in [-0.15, -0.1) is 10.2 Å². The van der Waals surface area contributed by atoms with Gasteiger partial charge in [0, 0.05) is 6.20 Å². The number of hydrogen-bond acceptors (Lipinski definition) is 5. The zero-order valence-corrected chi connectivity index (χ0v) is 15.3. The van der Waals surface area contributed by atoms with E-state index in [1.165, 1.54) is 16.7 Å². The summed E-state index contributed by atoms with van der Waals surface area (Å²) in [4.78, 5) is 29.8. The van der Waals surface area contributed by atoms with E-state index in [9.17, 15) is 14.0 Å². The summed E-state index contributed by atoms with van der Waals surface area (Å²) in [7, 11) is 0. The molecule has 0 saturated heterocycles. The van der Waals surface area contributed by atoms with Gasteiger partial charge in [0.15, 0.2) is 5.65 Å². The second-order valence-electron chi connectivity index (χ2n) is 6.48. The number of benzene rings is 1. The predicted molar refractivity (Wildman–Crippen MR) is 100 cm³/mol. The lowest BCUT2D eigenvalue weighted by Gasteiger charge is -2.16. The van der Waals surface area contributed by atoms with Crippen LogP contribution in [-0.2, 0) is 11.3 Å². The maximum absolute atomic E-state index is 13.1. The third kappa shape index (κ3) is 3.00. The fourth-order valence-corrected chi connectivity index (χ4v) is 3.18. The lowest BCUT2D eigenvalue weighted by Crippen LogP contribution is -2.34. The first kappa shape index (κ1) is 17.8. The highest BCUT2D eigenvalue weighted by Crippen LogP contribution is 2.14. The molecule has 3 aromatic heterocycles. The molecular weight excluding hydrogens is 363 g/mol. The Morgan fingerprint density at radius 2 is 1.93 bits per heavy atom. The van der Waals surface area contributed by atoms with Crippen molar-refractivity contribution < 1.29 is 9.18 Å². The number of hydrogen-bond donors (Lipinski definition) is 1. The molecule has 0 unspecified atom stereocenters. The van der Waals surface area contributed by atoms with E-state index in [4.69, 9.17) is 0 Å². The summed E-state index contributed by atoms with van der Waals surface area (Å²) in [6.45, 7) is 3.32. The Balaban J connectivity index is 1.69. The predicted octanol–water partition coefficient (Wildman–Crippen LogP) is 1.76. The summed E-state index contributed by atoms with van der Waals surface area (Å²) >= 11 is 0. The number of nitrogens with one attached hydrogen (secondary N) is 1. The van der Waals surface area contributed by atoms with Crippen molar-refractivity contribution >= 4 is 22.7 Å². The van der Waals surface area contributed by atoms with E-state index in [2.05, 4.69) is 20.5 Å². The van der Waals surface area contributed by atoms with Crippen LogP contribution >= 0.6 is 0 Å². The van der Waals surface area contributed by atoms with Crippen molar-refractivity contribution in [1.82, 2.24) is 29.5 Å². The quantitative estimate of drug-likeness (QED) is 0.582. The van der Waals surface area contributed by atoms with E-state index in [0.717, 1.165) is 5.56 Å². The van der Waals surface area contributed by atoms with E-state index in [0.29, 0.717) is 17.0 Å². The summed E-state index contributed by atoms with van der Waals surface area (Å²) in [5.41, 5.74) is 1.46. The van der Waals surface area contributed by atoms with Crippen molar-refractivity contribution in [2.24, 2.45) is 0 Å². The molecule has 0 aliphatic rings. The number of pyridine rings is 1. The normalized spacial score (nSPS) is 12.4. The van der Waals surface area contributed by atoms with Crippen LogP contribution in [0.25, 0.3) is 16.8 Å². The van der Waals surface area contributed by atoms with Gasteiger partial charge >= 0.3 is 0 Å². The van der Waals surface area contributed by atoms with Gasteiger partial charge < -0.3 is 5.32 Å². The Labute approximate surface area is 158 Å². The minimum absolute atomic E-state index is 0.114. The van der Waals surface area contributed by atoms with Crippen molar-refractivity contribution in [3.05, 3.63) is 70.2 Å². The molecule has 4 aromatic rings. The average Bonchev–Trinajstić information content (AvgIpc) is 3.07. The minimum Gasteiger partial charge on any atom is -0.348 e. The molecule has 1 N–H and O–H groups in total. The van der Waals surface area contributed by atoms with Gasteiger partial charge in [0.05, 0.1) is 11.6 Å². The molecule has 1 atom stereocenters. The van der Waals surface area contributed by atoms with Crippen LogP contribution in [0.5, 0.6) is 0 Å². The fraction of sp³-hybridized carbons (Fsp3) is 0.211. The molecule has 0 aliphatic heterocycles. The van der Waals surface area contributed by atoms with E-state index >= 15 is 0 Å². The number of nitrogens with zero attached hydrogens (tertiary/aromatic N) is 5. The molecule has 1 amide bonds. The minimum atomic E-state index is -0.425. The zero-order valence-electron chi connectivity index (χ0n) is 15.3. The van der Waals surface area contributed by atoms with E-state index < -0.39 is 5.56 Å². The summed E-state index contributed by atoms with van der Waals surface area (Å²) < 4.78 is 16.0. The average molecular weight is 380 g/mol. The molecule has 0 saturated carbocycles. The molecule has 0 bridgehead atoms. The number of fused-ring (bicyclic) bond motifs is 3. The molecule has 4 rings (SSSR count). The highest BCUT2D eigenvalue weighted by Gasteiger charge is 2.18. The molecule has 1 aromatic carbocycles. The molecule has 9 heteroatoms. The summed E-state index contributed by atoms with van der Waals surface area (Å²) in [6.07, 6.45) is 1.60. The van der Waals surface area contributed by atoms with Gasteiger partial charge in [-0.25, -0.2) is 9.37 Å². The van der Waals surface area contributed by atoms with Gasteiger partial charge in [-0.05, 0) is 43.7 Å². The summed E-state index contributed by atoms with van der Waals surface area (Å²) in [5.74, 6) is -0.160. The monoisotopic (exact) mass is 380 g/mol. The Morgan fingerprint density at radius 1 is 1.18 bits per heavy atom. The van der Waals surface area contributed by atoms with Crippen LogP contribution in [-0.4, -0.2) is 30.1 Å². The lowest BCUT2D eigenvalue weighted by atomic mass is 10.1. The van der Waals surface area contributed by atoms with Crippen LogP contribution in [0, 0.1) is 12.7 Å². The Hall–Kier alpha value is -3.62. The van der Waals surface area contributed by atoms with Crippen LogP contribution in [0.4, 0.5) is 4.39 Å². The molecule has 0 radical (unpaired) electrons. The summed E-state index contributed by atoms with van der Waals surface area (Å²) in [5, 5.41) is 10.7. The molecule has 142 valence electrons. The largest absolute Gasteiger partial charge is 0.348 e. The summed E-state index contributed by atoms with van der Waals surface area (Å²) in [6, 6.07) is 8.97. The fourth-order valence-electron chi connectivity index (χ4n) is 3.18. The Kier molecular flexibility index (Phi) is 4.34. The molecule has 0 fully saturated rings. The SMILES string of the molecule is Cc1nnc2c(=O)n(CC(=O)N[C@H](C)c3ccc(F)cc3)c3cccnc3n12. The zero-order chi connectivity index (χ0) is 19.8. The van der Waals surface area contributed by atoms with Crippen molar-refractivity contribution in [1.29, 1.82) is 0 Å². The maximum Gasteiger partial charge on any atom is 0.297 e. The van der Waals surface area contributed by atoms with Crippen LogP contribution in [0.3, 0.4) is 0 Å². The van der Waals surface area contributed by atoms with Crippen molar-refractivity contribution in [3.63, 3.8) is 0 Å². The maximum atomic E-state index is 13.1. The lowest BCUT2D eigenvalue weighted by molar-refractivity contribution is -0.122. The number of amides is 1. The first-order chi connectivity index (χ1) is 13.5. The topological polar surface area (TPSA) is 94.2 Å². The van der Waals surface area contributed by atoms with Crippen LogP contribution in [0.15, 0.2) is 47.4 Å². The van der Waals surface area contributed by atoms with Gasteiger partial charge in [0.25, 0.3) is 5.56 Å². The van der Waals surface area contributed by atoms with Crippen molar-refractivity contribution in [2.75, 3.05) is 0 Å². The Morgan fingerprint density at radius 3 is 2.68 bits per heavy atom. The van der Waals surface area contributed by atoms with Crippen molar-refractivity contribution in [2.45, 2.75) is 26.4 Å². The number of carbonyl (C=O) groups is 1. The second-order valence-corrected chi connectivity index (χ2v) is 6.48. The van der Waals surface area contributed by atoms with Gasteiger partial charge in [-0.1, -0.05) is 12.1 Å². The first-order valence-electron chi connectivity index (χ1n) is 8.70. The van der Waals surface area contributed by atoms with E-state index in [-0.39, 0.29) is 30.0 Å². The first-order valence-corrected chi connectivity index (χ1v) is 8.70. The number of aryl methyl sites for hydroxylation is 1. The highest BCUT2D eigenvalue weighted by atomic mass is 19.1. The molecule has 0 aliphatic carbocycles. The number of carbonyl (C=O) groups excluding carboxylic acids is 1. The van der Waals surface area contributed by atoms with Gasteiger partial charge in [-0.2, -0.15) is 0 Å². The van der Waals surface area contributed by atoms with Gasteiger partial charge in [0.2, 0.25) is 11.6 Å². The molecule has 3 heterocycles. The van der Waals surface area contributed by atoms with Crippen LogP contribution in [0.2, 0.25) is 0 Å². The number of halogens is 1. The molecule has 0 spiro atoms. The Bertz CT molecular complexity index is 1250. The van der Waals surface area contributed by atoms with Crippen molar-refractivity contribution in [3.8, 4) is 0 Å². The second kappa shape index (κ2) is 6.84. The third-order valence-electron chi connectivity index (χ3n) is 4.58. The molecule has 8 nitrogen and oxygen atoms in total. The standard InChI is InChI=1S/C19H17FN6O2/c1-11(13-5-7-14(20)8-6-13)22-16(27)10-25-15-4-3-9-21-17(15)26-12(2)23-24-18(26)19(25)28/h3-9,11H,10H2,1-2H3,(H,22,27)/t11-/m1/s1. The van der Waals surface area contributed by atoms with E-state index in [1.54, 1.807) is 48.7 Å². The van der Waals surface area contributed by atoms with Gasteiger partial charge in [0.1, 0.15) is 18.2 Å². The number of rotatable bonds is 4. The van der Waals surface area contributed by atoms with E-state index in [1.807, 2.05) is 0 Å². The third-order valence-corrected chi connectivity index (χ3v) is 4.58. The molecule has 28 heavy (non-hydrogen) atoms. The smallest absolute Gasteiger partial charge is 0.297 e. The molecular formula is C19H17FN6O2. The van der Waals surface area contributed by atoms with Gasteiger partial charge in [-0.3, -0.25) is 18.6 Å². The number of aromatic nitrogens is 5. The van der Waals surface area contributed by atoms with Crippen LogP contribution in [0.1, 0.15) is 24.4 Å². The van der Waals surface area contributed by atoms with Crippen LogP contribution < -0.4 is 10.9 Å². The highest BCUT2D eigenvalue weighted by molar-refractivity contribution is 5.80.